The van der Waals surface area contributed by atoms with Crippen molar-refractivity contribution in [1.82, 2.24) is 9.88 Å². The van der Waals surface area contributed by atoms with E-state index in [-0.39, 0.29) is 5.91 Å². The Kier molecular flexibility index (Phi) is 6.32. The number of aryl methyl sites for hydroxylation is 2. The molecule has 0 bridgehead atoms. The largest absolute Gasteiger partial charge is 0.368 e. The first-order valence-electron chi connectivity index (χ1n) is 11.4. The van der Waals surface area contributed by atoms with Gasteiger partial charge >= 0.3 is 0 Å². The van der Waals surface area contributed by atoms with Gasteiger partial charge in [-0.25, -0.2) is 4.98 Å². The van der Waals surface area contributed by atoms with Crippen molar-refractivity contribution in [1.29, 1.82) is 0 Å². The smallest absolute Gasteiger partial charge is 0.254 e. The van der Waals surface area contributed by atoms with Crippen molar-refractivity contribution in [2.75, 3.05) is 31.1 Å². The first-order chi connectivity index (χ1) is 16.4. The second kappa shape index (κ2) is 9.40. The van der Waals surface area contributed by atoms with Crippen LogP contribution in [0.2, 0.25) is 5.02 Å². The Labute approximate surface area is 213 Å². The Morgan fingerprint density at radius 1 is 0.912 bits per heavy atom. The lowest BCUT2D eigenvalue weighted by molar-refractivity contribution is 0.0748. The van der Waals surface area contributed by atoms with Gasteiger partial charge in [0.2, 0.25) is 0 Å². The van der Waals surface area contributed by atoms with Crippen LogP contribution in [0, 0.1) is 13.8 Å². The van der Waals surface area contributed by atoms with Gasteiger partial charge in [0.1, 0.15) is 0 Å². The number of carbonyl (C=O) groups excluding carboxylic acids is 1. The second-order valence-corrected chi connectivity index (χ2v) is 10.1. The summed E-state index contributed by atoms with van der Waals surface area (Å²) in [5, 5.41) is 1.60. The number of halogens is 2. The van der Waals surface area contributed by atoms with Gasteiger partial charge in [-0.15, -0.1) is 0 Å². The molecule has 4 aromatic rings. The lowest BCUT2D eigenvalue weighted by atomic mass is 10.0. The molecule has 0 saturated carbocycles. The number of anilines is 1. The zero-order chi connectivity index (χ0) is 23.8. The molecule has 6 heteroatoms. The van der Waals surface area contributed by atoms with E-state index in [1.807, 2.05) is 47.4 Å². The van der Waals surface area contributed by atoms with Gasteiger partial charge in [0, 0.05) is 52.3 Å². The van der Waals surface area contributed by atoms with Crippen LogP contribution in [0.3, 0.4) is 0 Å². The summed E-state index contributed by atoms with van der Waals surface area (Å²) in [6.07, 6.45) is 0. The van der Waals surface area contributed by atoms with Crippen LogP contribution in [0.25, 0.3) is 22.2 Å². The standard InChI is InChI=1S/C28H25BrClN3O/c1-18-3-6-20(7-4-18)26-17-24(23-15-21(29)8-10-25(23)31-26)28(34)33-13-11-32(12-14-33)27-16-22(30)9-5-19(27)2/h3-10,15-17H,11-14H2,1-2H3. The van der Waals surface area contributed by atoms with E-state index in [1.54, 1.807) is 0 Å². The summed E-state index contributed by atoms with van der Waals surface area (Å²) in [7, 11) is 0. The van der Waals surface area contributed by atoms with Gasteiger partial charge in [-0.05, 0) is 55.8 Å². The van der Waals surface area contributed by atoms with Gasteiger partial charge in [0.15, 0.2) is 0 Å². The van der Waals surface area contributed by atoms with Crippen LogP contribution >= 0.6 is 27.5 Å². The molecule has 0 atom stereocenters. The predicted molar refractivity (Wildman–Crippen MR) is 144 cm³/mol. The summed E-state index contributed by atoms with van der Waals surface area (Å²) in [5.41, 5.74) is 6.85. The van der Waals surface area contributed by atoms with Gasteiger partial charge < -0.3 is 9.80 Å². The van der Waals surface area contributed by atoms with Crippen LogP contribution in [-0.2, 0) is 0 Å². The van der Waals surface area contributed by atoms with Gasteiger partial charge in [-0.1, -0.05) is 63.4 Å². The fourth-order valence-electron chi connectivity index (χ4n) is 4.49. The van der Waals surface area contributed by atoms with Crippen LogP contribution in [0.5, 0.6) is 0 Å². The van der Waals surface area contributed by atoms with Gasteiger partial charge in [0.05, 0.1) is 16.8 Å². The highest BCUT2D eigenvalue weighted by Gasteiger charge is 2.25. The molecule has 2 heterocycles. The topological polar surface area (TPSA) is 36.4 Å². The van der Waals surface area contributed by atoms with E-state index in [0.717, 1.165) is 50.4 Å². The number of benzene rings is 3. The van der Waals surface area contributed by atoms with Crippen LogP contribution in [0.1, 0.15) is 21.5 Å². The van der Waals surface area contributed by atoms with Gasteiger partial charge in [0.25, 0.3) is 5.91 Å². The van der Waals surface area contributed by atoms with E-state index >= 15 is 0 Å². The minimum atomic E-state index is 0.0429. The molecule has 34 heavy (non-hydrogen) atoms. The van der Waals surface area contributed by atoms with E-state index in [1.165, 1.54) is 11.1 Å². The number of amides is 1. The lowest BCUT2D eigenvalue weighted by Gasteiger charge is -2.37. The fourth-order valence-corrected chi connectivity index (χ4v) is 5.02. The van der Waals surface area contributed by atoms with Crippen molar-refractivity contribution >= 4 is 50.0 Å². The predicted octanol–water partition coefficient (Wildman–Crippen LogP) is 6.90. The number of rotatable bonds is 3. The third-order valence-corrected chi connectivity index (χ3v) is 7.16. The van der Waals surface area contributed by atoms with E-state index < -0.39 is 0 Å². The normalized spacial score (nSPS) is 14.0. The molecule has 0 spiro atoms. The Hall–Kier alpha value is -2.89. The number of carbonyl (C=O) groups is 1. The molecule has 1 amide bonds. The maximum Gasteiger partial charge on any atom is 0.254 e. The molecule has 1 aliphatic rings. The molecule has 172 valence electrons. The van der Waals surface area contributed by atoms with Crippen LogP contribution in [-0.4, -0.2) is 42.0 Å². The zero-order valence-electron chi connectivity index (χ0n) is 19.2. The summed E-state index contributed by atoms with van der Waals surface area (Å²) in [5.74, 6) is 0.0429. The lowest BCUT2D eigenvalue weighted by Crippen LogP contribution is -2.49. The molecule has 0 aliphatic carbocycles. The van der Waals surface area contributed by atoms with Crippen molar-refractivity contribution in [3.05, 3.63) is 92.9 Å². The molecule has 3 aromatic carbocycles. The maximum atomic E-state index is 13.8. The average molecular weight is 535 g/mol. The summed E-state index contributed by atoms with van der Waals surface area (Å²) in [4.78, 5) is 22.9. The summed E-state index contributed by atoms with van der Waals surface area (Å²) in [6.45, 7) is 7.01. The number of hydrogen-bond donors (Lipinski definition) is 0. The van der Waals surface area contributed by atoms with Crippen LogP contribution in [0.4, 0.5) is 5.69 Å². The molecule has 0 unspecified atom stereocenters. The molecule has 1 aromatic heterocycles. The molecule has 1 fully saturated rings. The van der Waals surface area contributed by atoms with Crippen molar-refractivity contribution in [2.45, 2.75) is 13.8 Å². The first-order valence-corrected chi connectivity index (χ1v) is 12.5. The Balaban J connectivity index is 1.46. The van der Waals surface area contributed by atoms with E-state index in [0.29, 0.717) is 18.7 Å². The Morgan fingerprint density at radius 3 is 2.38 bits per heavy atom. The Bertz CT molecular complexity index is 1380. The average Bonchev–Trinajstić information content (AvgIpc) is 2.85. The number of aromatic nitrogens is 1. The molecule has 1 aliphatic heterocycles. The third kappa shape index (κ3) is 4.55. The molecular weight excluding hydrogens is 510 g/mol. The highest BCUT2D eigenvalue weighted by molar-refractivity contribution is 9.10. The number of pyridine rings is 1. The summed E-state index contributed by atoms with van der Waals surface area (Å²) in [6, 6.07) is 22.1. The third-order valence-electron chi connectivity index (χ3n) is 6.43. The molecule has 5 rings (SSSR count). The molecular formula is C28H25BrClN3O. The monoisotopic (exact) mass is 533 g/mol. The number of fused-ring (bicyclic) bond motifs is 1. The van der Waals surface area contributed by atoms with Crippen molar-refractivity contribution in [3.8, 4) is 11.3 Å². The highest BCUT2D eigenvalue weighted by atomic mass is 79.9. The van der Waals surface area contributed by atoms with Crippen LogP contribution < -0.4 is 4.90 Å². The quantitative estimate of drug-likeness (QED) is 0.287. The summed E-state index contributed by atoms with van der Waals surface area (Å²) >= 11 is 9.80. The highest BCUT2D eigenvalue weighted by Crippen LogP contribution is 2.30. The van der Waals surface area contributed by atoms with Gasteiger partial charge in [-0.3, -0.25) is 4.79 Å². The van der Waals surface area contributed by atoms with Crippen molar-refractivity contribution in [3.63, 3.8) is 0 Å². The zero-order valence-corrected chi connectivity index (χ0v) is 21.5. The number of hydrogen-bond acceptors (Lipinski definition) is 3. The van der Waals surface area contributed by atoms with Crippen LogP contribution in [0.15, 0.2) is 71.2 Å². The fraction of sp³-hybridized carbons (Fsp3) is 0.214. The van der Waals surface area contributed by atoms with Crippen molar-refractivity contribution in [2.24, 2.45) is 0 Å². The van der Waals surface area contributed by atoms with E-state index in [4.69, 9.17) is 16.6 Å². The molecule has 1 saturated heterocycles. The minimum absolute atomic E-state index is 0.0429. The minimum Gasteiger partial charge on any atom is -0.368 e. The Morgan fingerprint density at radius 2 is 1.65 bits per heavy atom. The first kappa shape index (κ1) is 22.9. The second-order valence-electron chi connectivity index (χ2n) is 8.79. The molecule has 0 N–H and O–H groups in total. The number of nitrogens with zero attached hydrogens (tertiary/aromatic N) is 3. The SMILES string of the molecule is Cc1ccc(-c2cc(C(=O)N3CCN(c4cc(Cl)ccc4C)CC3)c3cc(Br)ccc3n2)cc1. The summed E-state index contributed by atoms with van der Waals surface area (Å²) < 4.78 is 0.931. The van der Waals surface area contributed by atoms with E-state index in [2.05, 4.69) is 58.9 Å². The maximum absolute atomic E-state index is 13.8. The molecule has 0 radical (unpaired) electrons. The molecule has 4 nitrogen and oxygen atoms in total. The van der Waals surface area contributed by atoms with Gasteiger partial charge in [-0.2, -0.15) is 0 Å². The van der Waals surface area contributed by atoms with E-state index in [9.17, 15) is 4.79 Å². The number of piperazine rings is 1. The van der Waals surface area contributed by atoms with Crippen molar-refractivity contribution < 1.29 is 4.79 Å².